The molecule has 9 rings (SSSR count). The first kappa shape index (κ1) is 41.6. The number of pyridine rings is 1. The first-order valence-electron chi connectivity index (χ1n) is 21.5. The van der Waals surface area contributed by atoms with Crippen molar-refractivity contribution in [3.05, 3.63) is 96.3 Å². The summed E-state index contributed by atoms with van der Waals surface area (Å²) < 4.78 is 20.9. The van der Waals surface area contributed by atoms with Crippen molar-refractivity contribution in [1.29, 1.82) is 0 Å². The highest BCUT2D eigenvalue weighted by Crippen LogP contribution is 2.33. The van der Waals surface area contributed by atoms with E-state index in [1.165, 1.54) is 12.4 Å². The monoisotopic (exact) mass is 854 g/mol. The minimum atomic E-state index is -0.660. The Morgan fingerprint density at radius 3 is 2.30 bits per heavy atom. The molecule has 4 aromatic heterocycles. The van der Waals surface area contributed by atoms with E-state index in [0.29, 0.717) is 47.2 Å². The Bertz CT molecular complexity index is 2620. The lowest BCUT2D eigenvalue weighted by Crippen LogP contribution is -2.49. The molecular formula is C46H51FN12O4. The van der Waals surface area contributed by atoms with Crippen LogP contribution in [0.4, 0.5) is 26.2 Å². The summed E-state index contributed by atoms with van der Waals surface area (Å²) in [6, 6.07) is 18.0. The Labute approximate surface area is 364 Å². The van der Waals surface area contributed by atoms with Gasteiger partial charge in [-0.15, -0.1) is 0 Å². The van der Waals surface area contributed by atoms with Crippen molar-refractivity contribution in [3.8, 4) is 22.6 Å². The van der Waals surface area contributed by atoms with Gasteiger partial charge in [-0.25, -0.2) is 19.2 Å². The fourth-order valence-electron chi connectivity index (χ4n) is 8.61. The van der Waals surface area contributed by atoms with E-state index < -0.39 is 23.2 Å². The molecule has 0 aliphatic carbocycles. The average Bonchev–Trinajstić information content (AvgIpc) is 3.97. The highest BCUT2D eigenvalue weighted by Gasteiger charge is 2.28. The molecule has 0 radical (unpaired) electrons. The van der Waals surface area contributed by atoms with Gasteiger partial charge < -0.3 is 24.6 Å². The summed E-state index contributed by atoms with van der Waals surface area (Å²) in [6.07, 6.45) is 5.96. The molecule has 3 aliphatic heterocycles. The second kappa shape index (κ2) is 17.2. The predicted molar refractivity (Wildman–Crippen MR) is 237 cm³/mol. The Morgan fingerprint density at radius 2 is 1.62 bits per heavy atom. The zero-order valence-corrected chi connectivity index (χ0v) is 35.9. The molecule has 7 heterocycles. The number of nitrogens with zero attached hydrogens (tertiary/aromatic N) is 9. The maximum Gasteiger partial charge on any atom is 0.328 e. The SMILES string of the molecule is CC(NC(=O)c1noc(C(C)(C)C)n1)c1ccc(-c2ncnc3[nH]c(-c4ccc(N5CCN(CC6CCN(c7ccc(N8CCC(=O)NC8=O)cc7)CC6)CC5)cn4)cc23)cc1F. The summed E-state index contributed by atoms with van der Waals surface area (Å²) >= 11 is 0. The van der Waals surface area contributed by atoms with Gasteiger partial charge in [0.25, 0.3) is 11.7 Å². The van der Waals surface area contributed by atoms with Crippen LogP contribution in [0.3, 0.4) is 0 Å². The topological polar surface area (TPSA) is 182 Å². The van der Waals surface area contributed by atoms with Gasteiger partial charge in [0, 0.05) is 92.1 Å². The standard InChI is InChI=1S/C46H51FN12O4/c1-28(51-43(61)42-54-44(63-55-42)46(2,3)4)34-11-5-30(23-36(34)47)40-35-24-38(52-41(35)50-27-49-40)37-12-10-33(25-48-37)58-21-19-56(20-22-58)26-29-13-16-57(17-14-29)31-6-8-32(9-7-31)59-18-15-39(60)53-45(59)62/h5-12,23-25,27-29H,13-22,26H2,1-4H3,(H,51,61)(H,49,50,52)(H,53,60,62). The van der Waals surface area contributed by atoms with Gasteiger partial charge in [0.05, 0.1) is 35.0 Å². The number of hydrogen-bond donors (Lipinski definition) is 3. The third kappa shape index (κ3) is 8.96. The van der Waals surface area contributed by atoms with Crippen LogP contribution in [-0.4, -0.2) is 105 Å². The van der Waals surface area contributed by atoms with Gasteiger partial charge >= 0.3 is 6.03 Å². The van der Waals surface area contributed by atoms with Crippen molar-refractivity contribution in [3.63, 3.8) is 0 Å². The molecule has 2 aromatic carbocycles. The van der Waals surface area contributed by atoms with Gasteiger partial charge in [0.1, 0.15) is 17.8 Å². The van der Waals surface area contributed by atoms with Crippen LogP contribution in [0.2, 0.25) is 0 Å². The van der Waals surface area contributed by atoms with Gasteiger partial charge in [-0.1, -0.05) is 38.1 Å². The maximum atomic E-state index is 15.6. The second-order valence-electron chi connectivity index (χ2n) is 17.7. The molecule has 326 valence electrons. The minimum Gasteiger partial charge on any atom is -0.372 e. The number of piperazine rings is 1. The molecule has 6 aromatic rings. The lowest BCUT2D eigenvalue weighted by atomic mass is 9.95. The van der Waals surface area contributed by atoms with E-state index in [1.807, 2.05) is 51.2 Å². The number of piperidine rings is 1. The molecular weight excluding hydrogens is 804 g/mol. The van der Waals surface area contributed by atoms with Crippen molar-refractivity contribution >= 4 is 45.9 Å². The Kier molecular flexibility index (Phi) is 11.4. The van der Waals surface area contributed by atoms with Crippen LogP contribution < -0.4 is 25.3 Å². The summed E-state index contributed by atoms with van der Waals surface area (Å²) in [5, 5.41) is 9.68. The number of anilines is 3. The van der Waals surface area contributed by atoms with Gasteiger partial charge in [-0.3, -0.25) is 29.7 Å². The van der Waals surface area contributed by atoms with Gasteiger partial charge in [0.15, 0.2) is 0 Å². The van der Waals surface area contributed by atoms with E-state index in [2.05, 4.69) is 68.6 Å². The fourth-order valence-corrected chi connectivity index (χ4v) is 8.61. The molecule has 16 nitrogen and oxygen atoms in total. The van der Waals surface area contributed by atoms with Crippen molar-refractivity contribution in [2.24, 2.45) is 5.92 Å². The largest absolute Gasteiger partial charge is 0.372 e. The van der Waals surface area contributed by atoms with Crippen LogP contribution in [-0.2, 0) is 10.2 Å². The third-order valence-corrected chi connectivity index (χ3v) is 12.3. The van der Waals surface area contributed by atoms with E-state index in [0.717, 1.165) is 92.5 Å². The number of carbonyl (C=O) groups is 3. The van der Waals surface area contributed by atoms with Crippen LogP contribution in [0.5, 0.6) is 0 Å². The number of H-pyrrole nitrogens is 1. The van der Waals surface area contributed by atoms with E-state index in [9.17, 15) is 14.4 Å². The number of hydrogen-bond acceptors (Lipinski definition) is 12. The minimum absolute atomic E-state index is 0.104. The van der Waals surface area contributed by atoms with Crippen molar-refractivity contribution in [1.82, 2.24) is 45.6 Å². The molecule has 1 atom stereocenters. The van der Waals surface area contributed by atoms with Crippen molar-refractivity contribution in [2.75, 3.05) is 67.1 Å². The molecule has 4 amide bonds. The Morgan fingerprint density at radius 1 is 0.889 bits per heavy atom. The quantitative estimate of drug-likeness (QED) is 0.137. The van der Waals surface area contributed by atoms with Gasteiger partial charge in [0.2, 0.25) is 11.8 Å². The molecule has 3 fully saturated rings. The molecule has 0 saturated carbocycles. The second-order valence-corrected chi connectivity index (χ2v) is 17.7. The highest BCUT2D eigenvalue weighted by molar-refractivity contribution is 6.05. The number of nitrogens with one attached hydrogen (secondary N) is 3. The number of aromatic amines is 1. The average molecular weight is 855 g/mol. The fraction of sp³-hybridized carbons (Fsp3) is 0.391. The van der Waals surface area contributed by atoms with Crippen LogP contribution in [0, 0.1) is 11.7 Å². The smallest absolute Gasteiger partial charge is 0.328 e. The number of rotatable bonds is 10. The molecule has 0 bridgehead atoms. The normalized spacial score (nSPS) is 17.3. The summed E-state index contributed by atoms with van der Waals surface area (Å²) in [6.45, 7) is 14.8. The lowest BCUT2D eigenvalue weighted by Gasteiger charge is -2.40. The van der Waals surface area contributed by atoms with Crippen LogP contribution in [0.1, 0.15) is 75.1 Å². The van der Waals surface area contributed by atoms with Crippen LogP contribution in [0.15, 0.2) is 77.7 Å². The number of aromatic nitrogens is 6. The number of amides is 4. The molecule has 1 unspecified atom stereocenters. The number of carbonyl (C=O) groups excluding carboxylic acids is 3. The first-order valence-corrected chi connectivity index (χ1v) is 21.5. The third-order valence-electron chi connectivity index (χ3n) is 12.3. The number of imide groups is 1. The van der Waals surface area contributed by atoms with E-state index >= 15 is 4.39 Å². The zero-order valence-electron chi connectivity index (χ0n) is 35.9. The predicted octanol–water partition coefficient (Wildman–Crippen LogP) is 6.48. The zero-order chi connectivity index (χ0) is 43.8. The van der Waals surface area contributed by atoms with Crippen molar-refractivity contribution < 1.29 is 23.3 Å². The van der Waals surface area contributed by atoms with Crippen LogP contribution >= 0.6 is 0 Å². The maximum absolute atomic E-state index is 15.6. The summed E-state index contributed by atoms with van der Waals surface area (Å²) in [7, 11) is 0. The van der Waals surface area contributed by atoms with E-state index in [-0.39, 0.29) is 17.8 Å². The summed E-state index contributed by atoms with van der Waals surface area (Å²) in [4.78, 5) is 67.0. The number of halogens is 1. The molecule has 3 aliphatic rings. The van der Waals surface area contributed by atoms with E-state index in [1.54, 1.807) is 24.0 Å². The van der Waals surface area contributed by atoms with Gasteiger partial charge in [-0.2, -0.15) is 4.98 Å². The van der Waals surface area contributed by atoms with Gasteiger partial charge in [-0.05, 0) is 74.2 Å². The highest BCUT2D eigenvalue weighted by atomic mass is 19.1. The lowest BCUT2D eigenvalue weighted by molar-refractivity contribution is -0.120. The van der Waals surface area contributed by atoms with Crippen LogP contribution in [0.25, 0.3) is 33.7 Å². The molecule has 17 heteroatoms. The molecule has 3 N–H and O–H groups in total. The Hall–Kier alpha value is -6.75. The summed E-state index contributed by atoms with van der Waals surface area (Å²) in [5.74, 6) is -0.381. The molecule has 63 heavy (non-hydrogen) atoms. The molecule has 3 saturated heterocycles. The molecule has 0 spiro atoms. The van der Waals surface area contributed by atoms with Crippen molar-refractivity contribution in [2.45, 2.75) is 58.4 Å². The van der Waals surface area contributed by atoms with E-state index in [4.69, 9.17) is 9.51 Å². The number of benzene rings is 2. The first-order chi connectivity index (χ1) is 30.4. The number of fused-ring (bicyclic) bond motifs is 1. The summed E-state index contributed by atoms with van der Waals surface area (Å²) in [5.41, 5.74) is 6.24. The number of urea groups is 1. The Balaban J connectivity index is 0.768.